The predicted molar refractivity (Wildman–Crippen MR) is 159 cm³/mol. The van der Waals surface area contributed by atoms with Gasteiger partial charge in [-0.25, -0.2) is 4.79 Å². The average Bonchev–Trinajstić information content (AvgIpc) is 3.57. The van der Waals surface area contributed by atoms with Crippen LogP contribution < -0.4 is 16.0 Å². The highest BCUT2D eigenvalue weighted by Crippen LogP contribution is 2.39. The molecule has 11 heteroatoms. The summed E-state index contributed by atoms with van der Waals surface area (Å²) in [5.74, 6) is -0.773. The van der Waals surface area contributed by atoms with Gasteiger partial charge in [-0.1, -0.05) is 32.9 Å². The van der Waals surface area contributed by atoms with Gasteiger partial charge in [0.1, 0.15) is 18.2 Å². The van der Waals surface area contributed by atoms with Crippen LogP contribution in [-0.2, 0) is 30.3 Å². The summed E-state index contributed by atoms with van der Waals surface area (Å²) in [4.78, 5) is 68.8. The Morgan fingerprint density at radius 1 is 1.05 bits per heavy atom. The molecule has 1 saturated carbocycles. The Bertz CT molecular complexity index is 1280. The van der Waals surface area contributed by atoms with Crippen LogP contribution in [0.15, 0.2) is 24.3 Å². The van der Waals surface area contributed by atoms with E-state index in [-0.39, 0.29) is 54.2 Å². The van der Waals surface area contributed by atoms with Crippen LogP contribution in [0.1, 0.15) is 75.7 Å². The van der Waals surface area contributed by atoms with Crippen LogP contribution in [0, 0.1) is 11.3 Å². The largest absolute Gasteiger partial charge is 0.459 e. The van der Waals surface area contributed by atoms with Crippen molar-refractivity contribution >= 4 is 29.6 Å². The predicted octanol–water partition coefficient (Wildman–Crippen LogP) is 1.39. The van der Waals surface area contributed by atoms with Gasteiger partial charge in [-0.3, -0.25) is 19.2 Å². The number of benzene rings is 1. The van der Waals surface area contributed by atoms with Crippen LogP contribution in [0.4, 0.5) is 0 Å². The van der Waals surface area contributed by atoms with Crippen molar-refractivity contribution in [1.29, 1.82) is 0 Å². The number of hydrogen-bond acceptors (Lipinski definition) is 7. The second-order valence-corrected chi connectivity index (χ2v) is 13.6. The van der Waals surface area contributed by atoms with Crippen molar-refractivity contribution in [2.75, 3.05) is 20.1 Å². The highest BCUT2D eigenvalue weighted by atomic mass is 16.6. The van der Waals surface area contributed by atoms with Crippen molar-refractivity contribution in [3.8, 4) is 0 Å². The number of esters is 1. The van der Waals surface area contributed by atoms with Gasteiger partial charge in [-0.2, -0.15) is 0 Å². The van der Waals surface area contributed by atoms with Crippen LogP contribution in [0.25, 0.3) is 0 Å². The number of morpholine rings is 1. The van der Waals surface area contributed by atoms with Gasteiger partial charge in [0.25, 0.3) is 5.91 Å². The average molecular weight is 596 g/mol. The van der Waals surface area contributed by atoms with Gasteiger partial charge >= 0.3 is 5.97 Å². The highest BCUT2D eigenvalue weighted by molar-refractivity contribution is 5.98. The number of piperidine rings is 1. The molecule has 43 heavy (non-hydrogen) atoms. The molecule has 4 amide bonds. The summed E-state index contributed by atoms with van der Waals surface area (Å²) in [7, 11) is 1.71. The van der Waals surface area contributed by atoms with Crippen LogP contribution in [0.2, 0.25) is 0 Å². The maximum Gasteiger partial charge on any atom is 0.329 e. The molecule has 7 atom stereocenters. The summed E-state index contributed by atoms with van der Waals surface area (Å²) in [6.07, 6.45) is 3.80. The number of likely N-dealkylation sites (N-methyl/N-ethyl adjacent to an activating group) is 1. The summed E-state index contributed by atoms with van der Waals surface area (Å²) in [6.45, 7) is 8.59. The van der Waals surface area contributed by atoms with Gasteiger partial charge in [-0.15, -0.1) is 0 Å². The van der Waals surface area contributed by atoms with Crippen LogP contribution in [0.5, 0.6) is 0 Å². The summed E-state index contributed by atoms with van der Waals surface area (Å²) >= 11 is 0. The Balaban J connectivity index is 1.23. The summed E-state index contributed by atoms with van der Waals surface area (Å²) < 4.78 is 5.32. The van der Waals surface area contributed by atoms with Gasteiger partial charge in [0, 0.05) is 18.2 Å². The van der Waals surface area contributed by atoms with Crippen molar-refractivity contribution in [1.82, 2.24) is 25.8 Å². The SMILES string of the molecule is CN[C@@H](C)C(=O)N[C@H](C(=O)N1CC[C@H]2CC[C@H](NC(=O)Cc3cccc(C(=O)N4CC5CCC4C(=O)O5)c3)[C@H]21)C(C)(C)C. The first kappa shape index (κ1) is 31.0. The second-order valence-electron chi connectivity index (χ2n) is 13.6. The number of nitrogens with one attached hydrogen (secondary N) is 3. The molecule has 6 rings (SSSR count). The van der Waals surface area contributed by atoms with Crippen molar-refractivity contribution in [3.63, 3.8) is 0 Å². The van der Waals surface area contributed by atoms with E-state index in [1.165, 1.54) is 0 Å². The number of amides is 4. The van der Waals surface area contributed by atoms with Crippen LogP contribution in [0.3, 0.4) is 0 Å². The lowest BCUT2D eigenvalue weighted by Crippen LogP contribution is -2.60. The van der Waals surface area contributed by atoms with E-state index in [2.05, 4.69) is 16.0 Å². The third-order valence-electron chi connectivity index (χ3n) is 9.59. The lowest BCUT2D eigenvalue weighted by atomic mass is 9.85. The van der Waals surface area contributed by atoms with Crippen LogP contribution in [-0.4, -0.2) is 95.8 Å². The fraction of sp³-hybridized carbons (Fsp3) is 0.656. The topological polar surface area (TPSA) is 137 Å². The molecular weight excluding hydrogens is 550 g/mol. The minimum absolute atomic E-state index is 0.0969. The van der Waals surface area contributed by atoms with E-state index in [1.807, 2.05) is 31.7 Å². The van der Waals surface area contributed by atoms with Gasteiger partial charge in [-0.05, 0) is 75.1 Å². The number of carbonyl (C=O) groups is 5. The Labute approximate surface area is 253 Å². The van der Waals surface area contributed by atoms with Gasteiger partial charge in [0.05, 0.1) is 25.0 Å². The Morgan fingerprint density at radius 2 is 1.81 bits per heavy atom. The zero-order valence-electron chi connectivity index (χ0n) is 25.9. The minimum atomic E-state index is -0.691. The van der Waals surface area contributed by atoms with E-state index >= 15 is 0 Å². The molecule has 4 saturated heterocycles. The lowest BCUT2D eigenvalue weighted by Gasteiger charge is -2.43. The molecule has 4 heterocycles. The van der Waals surface area contributed by atoms with Gasteiger partial charge in [0.15, 0.2) is 0 Å². The zero-order chi connectivity index (χ0) is 31.1. The Morgan fingerprint density at radius 3 is 2.49 bits per heavy atom. The maximum absolute atomic E-state index is 13.9. The summed E-state index contributed by atoms with van der Waals surface area (Å²) in [5.41, 5.74) is 0.657. The molecular formula is C32H45N5O6. The molecule has 0 radical (unpaired) electrons. The van der Waals surface area contributed by atoms with Crippen molar-refractivity contribution < 1.29 is 28.7 Å². The number of rotatable bonds is 8. The number of hydrogen-bond donors (Lipinski definition) is 3. The molecule has 5 aliphatic rings. The maximum atomic E-state index is 13.9. The first-order valence-electron chi connectivity index (χ1n) is 15.5. The molecule has 1 aromatic carbocycles. The smallest absolute Gasteiger partial charge is 0.329 e. The van der Waals surface area contributed by atoms with E-state index < -0.39 is 23.5 Å². The van der Waals surface area contributed by atoms with E-state index in [0.717, 1.165) is 25.7 Å². The number of carbonyl (C=O) groups excluding carboxylic acids is 5. The Hall–Kier alpha value is -3.47. The van der Waals surface area contributed by atoms with E-state index in [9.17, 15) is 24.0 Å². The van der Waals surface area contributed by atoms with E-state index in [1.54, 1.807) is 37.1 Å². The summed E-state index contributed by atoms with van der Waals surface area (Å²) in [6, 6.07) is 5.04. The monoisotopic (exact) mass is 595 g/mol. The Kier molecular flexibility index (Phi) is 8.83. The molecule has 1 aliphatic carbocycles. The number of nitrogens with zero attached hydrogens (tertiary/aromatic N) is 2. The van der Waals surface area contributed by atoms with E-state index in [4.69, 9.17) is 4.74 Å². The molecule has 0 aromatic heterocycles. The fourth-order valence-corrected chi connectivity index (χ4v) is 7.10. The van der Waals surface area contributed by atoms with Crippen molar-refractivity contribution in [2.45, 2.75) is 103 Å². The number of ether oxygens (including phenoxy) is 1. The molecule has 1 aromatic rings. The zero-order valence-corrected chi connectivity index (χ0v) is 25.9. The normalized spacial score (nSPS) is 27.7. The third-order valence-corrected chi connectivity index (χ3v) is 9.59. The van der Waals surface area contributed by atoms with E-state index in [0.29, 0.717) is 36.6 Å². The molecule has 11 nitrogen and oxygen atoms in total. The minimum Gasteiger partial charge on any atom is -0.459 e. The molecule has 3 N–H and O–H groups in total. The fourth-order valence-electron chi connectivity index (χ4n) is 7.10. The third kappa shape index (κ3) is 6.41. The van der Waals surface area contributed by atoms with Gasteiger partial charge < -0.3 is 30.5 Å². The lowest BCUT2D eigenvalue weighted by molar-refractivity contribution is -0.172. The second kappa shape index (κ2) is 12.3. The molecule has 234 valence electrons. The van der Waals surface area contributed by atoms with Gasteiger partial charge in [0.2, 0.25) is 17.7 Å². The summed E-state index contributed by atoms with van der Waals surface area (Å²) in [5, 5.41) is 9.07. The van der Waals surface area contributed by atoms with Crippen molar-refractivity contribution in [2.24, 2.45) is 11.3 Å². The standard InChI is InChI=1S/C32H45N5O6/c1-18(33-5)28(39)35-27(32(2,3)4)30(41)36-14-13-20-9-11-23(26(20)36)34-25(38)16-19-7-6-8-21(15-19)29(40)37-17-22-10-12-24(37)31(42)43-22/h6-8,15,18,20,22-24,26-27,33H,9-14,16-17H2,1-5H3,(H,34,38)(H,35,39)/t18-,20+,22?,23-,24?,26-,27+/m0/s1. The first-order valence-corrected chi connectivity index (χ1v) is 15.5. The quantitative estimate of drug-likeness (QED) is 0.387. The number of fused-ring (bicyclic) bond motifs is 4. The first-order chi connectivity index (χ1) is 20.4. The van der Waals surface area contributed by atoms with Crippen LogP contribution >= 0.6 is 0 Å². The molecule has 2 unspecified atom stereocenters. The molecule has 4 aliphatic heterocycles. The molecule has 2 bridgehead atoms. The highest BCUT2D eigenvalue weighted by Gasteiger charge is 2.49. The number of likely N-dealkylation sites (tertiary alicyclic amines) is 1. The molecule has 5 fully saturated rings. The molecule has 0 spiro atoms. The van der Waals surface area contributed by atoms with Crippen molar-refractivity contribution in [3.05, 3.63) is 35.4 Å².